The first-order chi connectivity index (χ1) is 4.90. The molecule has 2 heteroatoms. The Balaban J connectivity index is 2.33. The zero-order valence-corrected chi connectivity index (χ0v) is 7.77. The minimum absolute atomic E-state index is 0.0700. The lowest BCUT2D eigenvalue weighted by molar-refractivity contribution is -0.124. The number of rotatable bonds is 1. The maximum Gasteiger partial charge on any atom is 0.223 e. The van der Waals surface area contributed by atoms with Crippen molar-refractivity contribution in [3.63, 3.8) is 0 Å². The van der Waals surface area contributed by atoms with Gasteiger partial charge < -0.3 is 5.32 Å². The van der Waals surface area contributed by atoms with Crippen molar-refractivity contribution in [2.75, 3.05) is 0 Å². The average molecular weight is 155 g/mol. The number of carbonyl (C=O) groups excluding carboxylic acids is 1. The number of hydrogen-bond donors (Lipinski definition) is 1. The molecule has 0 heterocycles. The van der Waals surface area contributed by atoms with Crippen LogP contribution in [-0.4, -0.2) is 11.4 Å². The molecule has 2 atom stereocenters. The largest absolute Gasteiger partial charge is 0.351 e. The minimum Gasteiger partial charge on any atom is -0.351 e. The van der Waals surface area contributed by atoms with Crippen molar-refractivity contribution in [1.29, 1.82) is 0 Å². The molecule has 1 amide bonds. The van der Waals surface area contributed by atoms with E-state index in [-0.39, 0.29) is 11.4 Å². The summed E-state index contributed by atoms with van der Waals surface area (Å²) in [7, 11) is 0. The van der Waals surface area contributed by atoms with E-state index in [0.29, 0.717) is 11.8 Å². The first-order valence-corrected chi connectivity index (χ1v) is 4.22. The van der Waals surface area contributed by atoms with Crippen LogP contribution in [0.2, 0.25) is 0 Å². The zero-order chi connectivity index (χ0) is 8.65. The summed E-state index contributed by atoms with van der Waals surface area (Å²) in [5, 5.41) is 2.97. The normalized spacial score (nSPS) is 29.8. The Hall–Kier alpha value is -0.530. The number of nitrogens with one attached hydrogen (secondary N) is 1. The van der Waals surface area contributed by atoms with E-state index in [4.69, 9.17) is 0 Å². The van der Waals surface area contributed by atoms with Gasteiger partial charge in [0.1, 0.15) is 0 Å². The number of hydrogen-bond acceptors (Lipinski definition) is 1. The van der Waals surface area contributed by atoms with Crippen LogP contribution in [-0.2, 0) is 4.79 Å². The molecule has 2 unspecified atom stereocenters. The van der Waals surface area contributed by atoms with Gasteiger partial charge in [-0.2, -0.15) is 0 Å². The third-order valence-electron chi connectivity index (χ3n) is 1.94. The first-order valence-electron chi connectivity index (χ1n) is 4.22. The van der Waals surface area contributed by atoms with Gasteiger partial charge in [-0.15, -0.1) is 0 Å². The molecule has 1 aliphatic carbocycles. The van der Waals surface area contributed by atoms with E-state index in [1.807, 2.05) is 20.8 Å². The summed E-state index contributed by atoms with van der Waals surface area (Å²) in [6.45, 7) is 8.15. The molecule has 1 saturated carbocycles. The molecule has 2 nitrogen and oxygen atoms in total. The fourth-order valence-corrected chi connectivity index (χ4v) is 1.15. The van der Waals surface area contributed by atoms with Gasteiger partial charge in [-0.3, -0.25) is 4.79 Å². The second kappa shape index (κ2) is 2.50. The van der Waals surface area contributed by atoms with E-state index in [1.165, 1.54) is 0 Å². The van der Waals surface area contributed by atoms with Crippen molar-refractivity contribution in [3.8, 4) is 0 Å². The Morgan fingerprint density at radius 3 is 2.18 bits per heavy atom. The predicted molar refractivity (Wildman–Crippen MR) is 45.2 cm³/mol. The van der Waals surface area contributed by atoms with Gasteiger partial charge in [0.15, 0.2) is 0 Å². The fraction of sp³-hybridized carbons (Fsp3) is 0.889. The fourth-order valence-electron chi connectivity index (χ4n) is 1.15. The molecule has 0 aromatic rings. The van der Waals surface area contributed by atoms with Gasteiger partial charge in [-0.05, 0) is 33.1 Å². The lowest BCUT2D eigenvalue weighted by Gasteiger charge is -2.20. The van der Waals surface area contributed by atoms with E-state index in [1.54, 1.807) is 0 Å². The monoisotopic (exact) mass is 155 g/mol. The average Bonchev–Trinajstić information content (AvgIpc) is 2.41. The summed E-state index contributed by atoms with van der Waals surface area (Å²) in [4.78, 5) is 11.3. The van der Waals surface area contributed by atoms with E-state index in [2.05, 4.69) is 12.2 Å². The summed E-state index contributed by atoms with van der Waals surface area (Å²) < 4.78 is 0. The highest BCUT2D eigenvalue weighted by atomic mass is 16.2. The highest BCUT2D eigenvalue weighted by molar-refractivity contribution is 5.81. The smallest absolute Gasteiger partial charge is 0.223 e. The first kappa shape index (κ1) is 8.57. The van der Waals surface area contributed by atoms with E-state index >= 15 is 0 Å². The Kier molecular flexibility index (Phi) is 1.95. The van der Waals surface area contributed by atoms with E-state index in [9.17, 15) is 4.79 Å². The van der Waals surface area contributed by atoms with Crippen LogP contribution >= 0.6 is 0 Å². The van der Waals surface area contributed by atoms with Gasteiger partial charge in [0, 0.05) is 11.5 Å². The Bertz CT molecular complexity index is 169. The van der Waals surface area contributed by atoms with E-state index in [0.717, 1.165) is 6.42 Å². The summed E-state index contributed by atoms with van der Waals surface area (Å²) in [5.41, 5.74) is -0.0700. The topological polar surface area (TPSA) is 29.1 Å². The molecule has 0 spiro atoms. The molecule has 11 heavy (non-hydrogen) atoms. The van der Waals surface area contributed by atoms with Gasteiger partial charge in [-0.1, -0.05) is 6.92 Å². The molecule has 0 bridgehead atoms. The van der Waals surface area contributed by atoms with Crippen molar-refractivity contribution in [2.45, 2.75) is 39.7 Å². The van der Waals surface area contributed by atoms with Crippen molar-refractivity contribution < 1.29 is 4.79 Å². The lowest BCUT2D eigenvalue weighted by Crippen LogP contribution is -2.41. The number of carbonyl (C=O) groups is 1. The van der Waals surface area contributed by atoms with Crippen LogP contribution in [0.3, 0.4) is 0 Å². The molecular formula is C9H17NO. The van der Waals surface area contributed by atoms with E-state index < -0.39 is 0 Å². The second-order valence-electron chi connectivity index (χ2n) is 4.56. The minimum atomic E-state index is -0.0700. The van der Waals surface area contributed by atoms with Crippen LogP contribution in [0.25, 0.3) is 0 Å². The Morgan fingerprint density at radius 2 is 1.91 bits per heavy atom. The molecule has 64 valence electrons. The highest BCUT2D eigenvalue weighted by Crippen LogP contribution is 2.37. The van der Waals surface area contributed by atoms with Crippen molar-refractivity contribution >= 4 is 5.91 Å². The Labute approximate surface area is 68.4 Å². The van der Waals surface area contributed by atoms with Crippen LogP contribution in [0.1, 0.15) is 34.1 Å². The molecule has 1 N–H and O–H groups in total. The molecule has 1 rings (SSSR count). The van der Waals surface area contributed by atoms with Crippen LogP contribution in [0.5, 0.6) is 0 Å². The zero-order valence-electron chi connectivity index (χ0n) is 7.77. The third-order valence-corrected chi connectivity index (χ3v) is 1.94. The summed E-state index contributed by atoms with van der Waals surface area (Å²) >= 11 is 0. The van der Waals surface area contributed by atoms with Gasteiger partial charge in [0.05, 0.1) is 0 Å². The van der Waals surface area contributed by atoms with Crippen molar-refractivity contribution in [1.82, 2.24) is 5.32 Å². The van der Waals surface area contributed by atoms with Crippen LogP contribution in [0.15, 0.2) is 0 Å². The van der Waals surface area contributed by atoms with Crippen LogP contribution in [0, 0.1) is 11.8 Å². The number of amides is 1. The molecule has 1 aliphatic rings. The van der Waals surface area contributed by atoms with Gasteiger partial charge in [-0.25, -0.2) is 0 Å². The van der Waals surface area contributed by atoms with Gasteiger partial charge >= 0.3 is 0 Å². The standard InChI is InChI=1S/C9H17NO/c1-6-5-7(6)8(11)10-9(2,3)4/h6-7H,5H2,1-4H3,(H,10,11). The summed E-state index contributed by atoms with van der Waals surface area (Å²) in [5.74, 6) is 1.14. The maximum absolute atomic E-state index is 11.3. The maximum atomic E-state index is 11.3. The summed E-state index contributed by atoms with van der Waals surface area (Å²) in [6.07, 6.45) is 1.07. The predicted octanol–water partition coefficient (Wildman–Crippen LogP) is 1.56. The van der Waals surface area contributed by atoms with Crippen LogP contribution < -0.4 is 5.32 Å². The molecule has 0 aliphatic heterocycles. The molecule has 1 fully saturated rings. The van der Waals surface area contributed by atoms with Crippen molar-refractivity contribution in [3.05, 3.63) is 0 Å². The summed E-state index contributed by atoms with van der Waals surface area (Å²) in [6, 6.07) is 0. The van der Waals surface area contributed by atoms with Gasteiger partial charge in [0.25, 0.3) is 0 Å². The quantitative estimate of drug-likeness (QED) is 0.611. The lowest BCUT2D eigenvalue weighted by atomic mass is 10.1. The molecule has 0 saturated heterocycles. The van der Waals surface area contributed by atoms with Gasteiger partial charge in [0.2, 0.25) is 5.91 Å². The molecular weight excluding hydrogens is 138 g/mol. The molecule has 0 radical (unpaired) electrons. The second-order valence-corrected chi connectivity index (χ2v) is 4.56. The molecule has 0 aromatic carbocycles. The van der Waals surface area contributed by atoms with Crippen molar-refractivity contribution in [2.24, 2.45) is 11.8 Å². The molecule has 0 aromatic heterocycles. The highest BCUT2D eigenvalue weighted by Gasteiger charge is 2.39. The Morgan fingerprint density at radius 1 is 1.45 bits per heavy atom. The SMILES string of the molecule is CC1CC1C(=O)NC(C)(C)C. The van der Waals surface area contributed by atoms with Crippen LogP contribution in [0.4, 0.5) is 0 Å². The third kappa shape index (κ3) is 2.52.